The van der Waals surface area contributed by atoms with E-state index in [1.165, 1.54) is 11.1 Å². The SMILES string of the molecule is CCc1ccc(CN(C)C(=NCC2CCCO2)NCCn2cnnc2CC)cc1.I. The first-order valence-corrected chi connectivity index (χ1v) is 10.7. The van der Waals surface area contributed by atoms with E-state index in [9.17, 15) is 0 Å². The van der Waals surface area contributed by atoms with Crippen LogP contribution in [-0.2, 0) is 30.7 Å². The van der Waals surface area contributed by atoms with Crippen LogP contribution >= 0.6 is 24.0 Å². The number of nitrogens with zero attached hydrogens (tertiary/aromatic N) is 5. The van der Waals surface area contributed by atoms with Gasteiger partial charge in [0, 0.05) is 39.7 Å². The number of rotatable bonds is 9. The number of benzene rings is 1. The van der Waals surface area contributed by atoms with Crippen LogP contribution in [0.1, 0.15) is 43.6 Å². The summed E-state index contributed by atoms with van der Waals surface area (Å²) >= 11 is 0. The van der Waals surface area contributed by atoms with Crippen molar-refractivity contribution >= 4 is 29.9 Å². The second kappa shape index (κ2) is 12.9. The first-order valence-electron chi connectivity index (χ1n) is 10.7. The minimum Gasteiger partial charge on any atom is -0.376 e. The number of halogens is 1. The molecule has 0 radical (unpaired) electrons. The number of aryl methyl sites for hydroxylation is 2. The highest BCUT2D eigenvalue weighted by Crippen LogP contribution is 2.12. The Labute approximate surface area is 197 Å². The predicted octanol–water partition coefficient (Wildman–Crippen LogP) is 3.28. The standard InChI is InChI=1S/C22H34N6O.HI/c1-4-18-8-10-19(11-9-18)16-27(3)22(24-15-20-7-6-14-29-20)23-12-13-28-17-25-26-21(28)5-2;/h8-11,17,20H,4-7,12-16H2,1-3H3,(H,23,24);1H. The Kier molecular flexibility index (Phi) is 10.6. The molecule has 1 unspecified atom stereocenters. The second-order valence-electron chi connectivity index (χ2n) is 7.55. The van der Waals surface area contributed by atoms with E-state index in [4.69, 9.17) is 9.73 Å². The Hall–Kier alpha value is -1.68. The molecule has 166 valence electrons. The lowest BCUT2D eigenvalue weighted by molar-refractivity contribution is 0.117. The Morgan fingerprint density at radius 1 is 1.23 bits per heavy atom. The molecule has 1 fully saturated rings. The van der Waals surface area contributed by atoms with Crippen LogP contribution in [0.5, 0.6) is 0 Å². The summed E-state index contributed by atoms with van der Waals surface area (Å²) in [5, 5.41) is 11.7. The molecule has 30 heavy (non-hydrogen) atoms. The third-order valence-electron chi connectivity index (χ3n) is 5.33. The number of hydrogen-bond acceptors (Lipinski definition) is 4. The topological polar surface area (TPSA) is 67.6 Å². The molecule has 1 aliphatic rings. The summed E-state index contributed by atoms with van der Waals surface area (Å²) in [5.41, 5.74) is 2.64. The van der Waals surface area contributed by atoms with Crippen LogP contribution in [0.25, 0.3) is 0 Å². The molecule has 1 aromatic carbocycles. The van der Waals surface area contributed by atoms with Gasteiger partial charge in [-0.15, -0.1) is 34.2 Å². The molecule has 1 aliphatic heterocycles. The van der Waals surface area contributed by atoms with Crippen LogP contribution in [-0.4, -0.2) is 58.5 Å². The van der Waals surface area contributed by atoms with Gasteiger partial charge in [0.25, 0.3) is 0 Å². The van der Waals surface area contributed by atoms with Crippen LogP contribution in [0.15, 0.2) is 35.6 Å². The van der Waals surface area contributed by atoms with Crippen LogP contribution in [0.2, 0.25) is 0 Å². The molecule has 1 atom stereocenters. The minimum atomic E-state index is 0. The van der Waals surface area contributed by atoms with Gasteiger partial charge in [0.1, 0.15) is 12.2 Å². The van der Waals surface area contributed by atoms with Gasteiger partial charge in [0.2, 0.25) is 0 Å². The van der Waals surface area contributed by atoms with Crippen molar-refractivity contribution in [3.63, 3.8) is 0 Å². The van der Waals surface area contributed by atoms with Crippen LogP contribution in [0.4, 0.5) is 0 Å². The van der Waals surface area contributed by atoms with Crippen molar-refractivity contribution in [2.24, 2.45) is 4.99 Å². The smallest absolute Gasteiger partial charge is 0.194 e. The molecule has 1 aromatic heterocycles. The molecular formula is C22H35IN6O. The molecular weight excluding hydrogens is 491 g/mol. The summed E-state index contributed by atoms with van der Waals surface area (Å²) in [5.74, 6) is 1.92. The fraction of sp³-hybridized carbons (Fsp3) is 0.591. The third-order valence-corrected chi connectivity index (χ3v) is 5.33. The molecule has 0 bridgehead atoms. The average Bonchev–Trinajstić information content (AvgIpc) is 3.42. The van der Waals surface area contributed by atoms with Crippen molar-refractivity contribution in [1.82, 2.24) is 25.0 Å². The largest absolute Gasteiger partial charge is 0.376 e. The fourth-order valence-corrected chi connectivity index (χ4v) is 3.54. The molecule has 8 heteroatoms. The maximum Gasteiger partial charge on any atom is 0.194 e. The maximum absolute atomic E-state index is 5.75. The average molecular weight is 526 g/mol. The molecule has 0 saturated carbocycles. The van der Waals surface area contributed by atoms with E-state index in [2.05, 4.69) is 70.1 Å². The molecule has 0 aliphatic carbocycles. The van der Waals surface area contributed by atoms with Gasteiger partial charge in [0.15, 0.2) is 5.96 Å². The molecule has 1 saturated heterocycles. The quantitative estimate of drug-likeness (QED) is 0.309. The molecule has 2 heterocycles. The second-order valence-corrected chi connectivity index (χ2v) is 7.55. The summed E-state index contributed by atoms with van der Waals surface area (Å²) < 4.78 is 7.84. The third kappa shape index (κ3) is 7.23. The lowest BCUT2D eigenvalue weighted by atomic mass is 10.1. The lowest BCUT2D eigenvalue weighted by Crippen LogP contribution is -2.40. The zero-order chi connectivity index (χ0) is 20.5. The van der Waals surface area contributed by atoms with Crippen LogP contribution in [0.3, 0.4) is 0 Å². The van der Waals surface area contributed by atoms with E-state index in [1.807, 2.05) is 0 Å². The molecule has 1 N–H and O–H groups in total. The van der Waals surface area contributed by atoms with Gasteiger partial charge in [0.05, 0.1) is 12.6 Å². The molecule has 2 aromatic rings. The number of aliphatic imine (C=N–C) groups is 1. The Bertz CT molecular complexity index is 770. The van der Waals surface area contributed by atoms with Gasteiger partial charge < -0.3 is 19.5 Å². The monoisotopic (exact) mass is 526 g/mol. The van der Waals surface area contributed by atoms with Gasteiger partial charge in [-0.3, -0.25) is 4.99 Å². The minimum absolute atomic E-state index is 0. The number of aromatic nitrogens is 3. The summed E-state index contributed by atoms with van der Waals surface area (Å²) in [6.45, 7) is 8.24. The Balaban J connectivity index is 0.00000320. The number of ether oxygens (including phenoxy) is 1. The summed E-state index contributed by atoms with van der Waals surface area (Å²) in [4.78, 5) is 7.05. The van der Waals surface area contributed by atoms with Crippen molar-refractivity contribution in [1.29, 1.82) is 0 Å². The Morgan fingerprint density at radius 2 is 2.00 bits per heavy atom. The van der Waals surface area contributed by atoms with E-state index in [1.54, 1.807) is 6.33 Å². The fourth-order valence-electron chi connectivity index (χ4n) is 3.54. The maximum atomic E-state index is 5.75. The number of guanidine groups is 1. The van der Waals surface area contributed by atoms with E-state index >= 15 is 0 Å². The van der Waals surface area contributed by atoms with Gasteiger partial charge in [-0.25, -0.2) is 0 Å². The molecule has 7 nitrogen and oxygen atoms in total. The highest BCUT2D eigenvalue weighted by molar-refractivity contribution is 14.0. The van der Waals surface area contributed by atoms with Gasteiger partial charge in [-0.1, -0.05) is 38.1 Å². The normalized spacial score (nSPS) is 16.4. The molecule has 0 spiro atoms. The number of nitrogens with one attached hydrogen (secondary N) is 1. The van der Waals surface area contributed by atoms with Crippen molar-refractivity contribution in [3.05, 3.63) is 47.5 Å². The van der Waals surface area contributed by atoms with E-state index in [0.717, 1.165) is 63.7 Å². The first-order chi connectivity index (χ1) is 14.2. The highest BCUT2D eigenvalue weighted by Gasteiger charge is 2.16. The zero-order valence-corrected chi connectivity index (χ0v) is 20.7. The summed E-state index contributed by atoms with van der Waals surface area (Å²) in [6.07, 6.45) is 6.22. The van der Waals surface area contributed by atoms with Crippen molar-refractivity contribution < 1.29 is 4.74 Å². The first kappa shape index (κ1) is 24.6. The van der Waals surface area contributed by atoms with Crippen molar-refractivity contribution in [2.45, 2.75) is 58.7 Å². The Morgan fingerprint density at radius 3 is 2.67 bits per heavy atom. The van der Waals surface area contributed by atoms with Crippen molar-refractivity contribution in [3.8, 4) is 0 Å². The van der Waals surface area contributed by atoms with Crippen LogP contribution < -0.4 is 5.32 Å². The number of hydrogen-bond donors (Lipinski definition) is 1. The highest BCUT2D eigenvalue weighted by atomic mass is 127. The summed E-state index contributed by atoms with van der Waals surface area (Å²) in [6, 6.07) is 8.83. The molecule has 3 rings (SSSR count). The van der Waals surface area contributed by atoms with Crippen molar-refractivity contribution in [2.75, 3.05) is 26.7 Å². The molecule has 0 amide bonds. The van der Waals surface area contributed by atoms with Gasteiger partial charge in [-0.05, 0) is 30.4 Å². The predicted molar refractivity (Wildman–Crippen MR) is 131 cm³/mol. The van der Waals surface area contributed by atoms with Gasteiger partial charge in [-0.2, -0.15) is 0 Å². The van der Waals surface area contributed by atoms with E-state index in [-0.39, 0.29) is 30.1 Å². The van der Waals surface area contributed by atoms with E-state index < -0.39 is 0 Å². The zero-order valence-electron chi connectivity index (χ0n) is 18.4. The van der Waals surface area contributed by atoms with Crippen LogP contribution in [0, 0.1) is 0 Å². The summed E-state index contributed by atoms with van der Waals surface area (Å²) in [7, 11) is 2.09. The van der Waals surface area contributed by atoms with E-state index in [0.29, 0.717) is 6.54 Å². The lowest BCUT2D eigenvalue weighted by Gasteiger charge is -2.23. The van der Waals surface area contributed by atoms with Gasteiger partial charge >= 0.3 is 0 Å².